The van der Waals surface area contributed by atoms with Crippen molar-refractivity contribution in [3.63, 3.8) is 0 Å². The van der Waals surface area contributed by atoms with E-state index in [0.717, 1.165) is 12.1 Å². The van der Waals surface area contributed by atoms with E-state index < -0.39 is 17.6 Å². The molecule has 0 aliphatic heterocycles. The van der Waals surface area contributed by atoms with Gasteiger partial charge >= 0.3 is 6.18 Å². The number of halogens is 3. The van der Waals surface area contributed by atoms with Crippen molar-refractivity contribution in [2.45, 2.75) is 26.6 Å². The van der Waals surface area contributed by atoms with E-state index in [2.05, 4.69) is 16.9 Å². The predicted molar refractivity (Wildman–Crippen MR) is 106 cm³/mol. The van der Waals surface area contributed by atoms with Gasteiger partial charge in [-0.2, -0.15) is 18.2 Å². The molecule has 1 rings (SSSR count). The molecule has 0 saturated heterocycles. The van der Waals surface area contributed by atoms with Gasteiger partial charge in [0.2, 0.25) is 0 Å². The molecule has 1 aromatic rings. The van der Waals surface area contributed by atoms with Gasteiger partial charge in [-0.25, -0.2) is 0 Å². The number of carbonyl (C=O) groups excluding carboxylic acids is 1. The maximum atomic E-state index is 12.9. The number of allylic oxidation sites excluding steroid dienone is 1. The zero-order valence-corrected chi connectivity index (χ0v) is 16.1. The van der Waals surface area contributed by atoms with Crippen LogP contribution < -0.4 is 5.32 Å². The molecule has 5 nitrogen and oxygen atoms in total. The summed E-state index contributed by atoms with van der Waals surface area (Å²) in [6.45, 7) is 6.70. The third kappa shape index (κ3) is 8.07. The van der Waals surface area contributed by atoms with Gasteiger partial charge in [-0.1, -0.05) is 25.1 Å². The highest BCUT2D eigenvalue weighted by Crippen LogP contribution is 2.29. The minimum absolute atomic E-state index is 0.0603. The lowest BCUT2D eigenvalue weighted by molar-refractivity contribution is -0.137. The second-order valence-electron chi connectivity index (χ2n) is 6.09. The molecule has 0 radical (unpaired) electrons. The van der Waals surface area contributed by atoms with Gasteiger partial charge in [0, 0.05) is 24.5 Å². The van der Waals surface area contributed by atoms with Crippen molar-refractivity contribution in [2.24, 2.45) is 4.99 Å². The number of nitrogens with zero attached hydrogens (tertiary/aromatic N) is 2. The summed E-state index contributed by atoms with van der Waals surface area (Å²) >= 11 is 0. The highest BCUT2D eigenvalue weighted by molar-refractivity contribution is 6.44. The maximum absolute atomic E-state index is 12.9. The van der Waals surface area contributed by atoms with Crippen LogP contribution in [0.2, 0.25) is 0 Å². The number of alkyl halides is 3. The Balaban J connectivity index is 2.94. The summed E-state index contributed by atoms with van der Waals surface area (Å²) in [5, 5.41) is 11.7. The standard InChI is InChI=1S/C21H22F3N3O2/c1-5-25-19(10-15(3)14-28)20(29)26-16(4)12-27(6-2)13-17-8-7-9-18(11-17)21(22,23)24/h1,6-12,28H,2,13-14H2,3-4H3,(H,26,29)/b15-10+,16-12+,25-19?. The quantitative estimate of drug-likeness (QED) is 0.513. The zero-order valence-electron chi connectivity index (χ0n) is 16.1. The van der Waals surface area contributed by atoms with Gasteiger partial charge in [-0.15, -0.1) is 0 Å². The van der Waals surface area contributed by atoms with Crippen LogP contribution in [0.25, 0.3) is 0 Å². The van der Waals surface area contributed by atoms with Gasteiger partial charge in [0.05, 0.1) is 12.2 Å². The molecule has 1 amide bonds. The number of amides is 1. The first-order valence-corrected chi connectivity index (χ1v) is 8.46. The number of terminal acetylenes is 1. The SMILES string of the molecule is C#CN=C(/C=C(\C)CO)C(=O)N/C(C)=C/N(C=C)Cc1cccc(C(F)(F)F)c1. The van der Waals surface area contributed by atoms with E-state index in [4.69, 9.17) is 11.5 Å². The number of carbonyl (C=O) groups is 1. The summed E-state index contributed by atoms with van der Waals surface area (Å²) < 4.78 is 38.6. The van der Waals surface area contributed by atoms with Crippen molar-refractivity contribution in [1.29, 1.82) is 0 Å². The van der Waals surface area contributed by atoms with Crippen molar-refractivity contribution >= 4 is 11.6 Å². The fourth-order valence-corrected chi connectivity index (χ4v) is 2.24. The van der Waals surface area contributed by atoms with Crippen molar-refractivity contribution < 1.29 is 23.1 Å². The maximum Gasteiger partial charge on any atom is 0.416 e. The largest absolute Gasteiger partial charge is 0.416 e. The lowest BCUT2D eigenvalue weighted by Crippen LogP contribution is -2.29. The highest BCUT2D eigenvalue weighted by Gasteiger charge is 2.30. The molecule has 0 saturated carbocycles. The molecule has 154 valence electrons. The van der Waals surface area contributed by atoms with E-state index in [1.165, 1.54) is 29.4 Å². The number of rotatable bonds is 8. The second-order valence-corrected chi connectivity index (χ2v) is 6.09. The van der Waals surface area contributed by atoms with Crippen LogP contribution in [0.1, 0.15) is 25.0 Å². The van der Waals surface area contributed by atoms with Gasteiger partial charge in [0.15, 0.2) is 0 Å². The van der Waals surface area contributed by atoms with Crippen molar-refractivity contribution in [1.82, 2.24) is 10.2 Å². The van der Waals surface area contributed by atoms with E-state index in [9.17, 15) is 18.0 Å². The second kappa shape index (κ2) is 10.9. The van der Waals surface area contributed by atoms with Gasteiger partial charge in [0.25, 0.3) is 5.91 Å². The summed E-state index contributed by atoms with van der Waals surface area (Å²) in [6.07, 6.45) is 4.98. The molecule has 8 heteroatoms. The molecule has 1 aromatic carbocycles. The van der Waals surface area contributed by atoms with Crippen LogP contribution in [0.15, 0.2) is 65.6 Å². The van der Waals surface area contributed by atoms with E-state index in [-0.39, 0.29) is 18.9 Å². The summed E-state index contributed by atoms with van der Waals surface area (Å²) in [6, 6.07) is 6.96. The van der Waals surface area contributed by atoms with Crippen LogP contribution in [-0.4, -0.2) is 28.2 Å². The predicted octanol–water partition coefficient (Wildman–Crippen LogP) is 3.60. The first kappa shape index (κ1) is 23.7. The van der Waals surface area contributed by atoms with Crippen molar-refractivity contribution in [3.05, 3.63) is 71.7 Å². The molecule has 0 aliphatic rings. The van der Waals surface area contributed by atoms with Gasteiger partial charge < -0.3 is 15.3 Å². The van der Waals surface area contributed by atoms with Crippen LogP contribution in [0.5, 0.6) is 0 Å². The Kier molecular flexibility index (Phi) is 8.90. The number of aliphatic hydroxyl groups excluding tert-OH is 1. The van der Waals surface area contributed by atoms with Gasteiger partial charge in [0.1, 0.15) is 5.71 Å². The molecule has 0 spiro atoms. The van der Waals surface area contributed by atoms with Crippen molar-refractivity contribution in [2.75, 3.05) is 6.61 Å². The monoisotopic (exact) mass is 405 g/mol. The average Bonchev–Trinajstić information content (AvgIpc) is 2.66. The Bertz CT molecular complexity index is 878. The minimum atomic E-state index is -4.43. The molecule has 0 fully saturated rings. The Morgan fingerprint density at radius 3 is 2.66 bits per heavy atom. The van der Waals surface area contributed by atoms with Crippen LogP contribution in [0.4, 0.5) is 13.2 Å². The van der Waals surface area contributed by atoms with E-state index in [0.29, 0.717) is 16.8 Å². The molecule has 0 atom stereocenters. The first-order chi connectivity index (χ1) is 13.6. The van der Waals surface area contributed by atoms with Crippen molar-refractivity contribution in [3.8, 4) is 12.5 Å². The fourth-order valence-electron chi connectivity index (χ4n) is 2.24. The smallest absolute Gasteiger partial charge is 0.392 e. The van der Waals surface area contributed by atoms with Gasteiger partial charge in [-0.3, -0.25) is 4.79 Å². The van der Waals surface area contributed by atoms with Crippen LogP contribution in [-0.2, 0) is 17.5 Å². The Morgan fingerprint density at radius 1 is 1.41 bits per heavy atom. The van der Waals surface area contributed by atoms with E-state index >= 15 is 0 Å². The first-order valence-electron chi connectivity index (χ1n) is 8.46. The number of aliphatic hydroxyl groups is 1. The number of benzene rings is 1. The zero-order chi connectivity index (χ0) is 22.0. The third-order valence-corrected chi connectivity index (χ3v) is 3.57. The van der Waals surface area contributed by atoms with Gasteiger partial charge in [-0.05, 0) is 49.4 Å². The Hall–Kier alpha value is -3.31. The number of aliphatic imine (C=N–C) groups is 1. The lowest BCUT2D eigenvalue weighted by Gasteiger charge is -2.18. The normalized spacial score (nSPS) is 12.9. The summed E-state index contributed by atoms with van der Waals surface area (Å²) in [4.78, 5) is 17.5. The van der Waals surface area contributed by atoms with E-state index in [1.807, 2.05) is 6.04 Å². The fraction of sp³-hybridized carbons (Fsp3) is 0.238. The molecule has 0 heterocycles. The topological polar surface area (TPSA) is 64.9 Å². The molecule has 0 unspecified atom stereocenters. The lowest BCUT2D eigenvalue weighted by atomic mass is 10.1. The number of hydrogen-bond donors (Lipinski definition) is 2. The highest BCUT2D eigenvalue weighted by atomic mass is 19.4. The van der Waals surface area contributed by atoms with Crippen LogP contribution in [0, 0.1) is 12.5 Å². The molecular formula is C21H22F3N3O2. The minimum Gasteiger partial charge on any atom is -0.392 e. The van der Waals surface area contributed by atoms with Crippen LogP contribution in [0.3, 0.4) is 0 Å². The molecule has 0 bridgehead atoms. The third-order valence-electron chi connectivity index (χ3n) is 3.57. The average molecular weight is 405 g/mol. The molecule has 0 aliphatic carbocycles. The van der Waals surface area contributed by atoms with E-state index in [1.54, 1.807) is 19.9 Å². The summed E-state index contributed by atoms with van der Waals surface area (Å²) in [7, 11) is 0. The number of hydrogen-bond acceptors (Lipinski definition) is 4. The Labute approximate surface area is 167 Å². The molecule has 29 heavy (non-hydrogen) atoms. The Morgan fingerprint density at radius 2 is 2.10 bits per heavy atom. The molecular weight excluding hydrogens is 383 g/mol. The molecule has 0 aromatic heterocycles. The molecule has 2 N–H and O–H groups in total. The summed E-state index contributed by atoms with van der Waals surface area (Å²) in [5.74, 6) is -0.590. The van der Waals surface area contributed by atoms with Crippen LogP contribution >= 0.6 is 0 Å². The number of nitrogens with one attached hydrogen (secondary N) is 1. The summed E-state index contributed by atoms with van der Waals surface area (Å²) in [5.41, 5.74) is 0.505.